The van der Waals surface area contributed by atoms with E-state index in [1.165, 1.54) is 10.9 Å². The molecule has 2 aromatic rings. The number of halogens is 1. The lowest BCUT2D eigenvalue weighted by molar-refractivity contribution is 0.628. The van der Waals surface area contributed by atoms with Crippen LogP contribution in [-0.2, 0) is 0 Å². The van der Waals surface area contributed by atoms with E-state index < -0.39 is 0 Å². The van der Waals surface area contributed by atoms with E-state index in [4.69, 9.17) is 0 Å². The Labute approximate surface area is 92.6 Å². The molecule has 0 bridgehead atoms. The van der Waals surface area contributed by atoms with Crippen molar-refractivity contribution in [2.45, 2.75) is 13.0 Å². The first-order valence-electron chi connectivity index (χ1n) is 4.82. The summed E-state index contributed by atoms with van der Waals surface area (Å²) >= 11 is 1.67. The summed E-state index contributed by atoms with van der Waals surface area (Å²) in [6.45, 7) is 2.03. The Balaban J connectivity index is 2.13. The number of hydrogen-bond acceptors (Lipinski definition) is 2. The molecule has 2 rings (SSSR count). The smallest absolute Gasteiger partial charge is 0.146 e. The summed E-state index contributed by atoms with van der Waals surface area (Å²) in [5.41, 5.74) is 0.554. The largest absolute Gasteiger partial charge is 0.375 e. The molecule has 0 aliphatic rings. The maximum absolute atomic E-state index is 13.3. The second-order valence-corrected chi connectivity index (χ2v) is 4.34. The minimum atomic E-state index is -0.207. The van der Waals surface area contributed by atoms with E-state index >= 15 is 0 Å². The third-order valence-corrected chi connectivity index (χ3v) is 3.27. The Morgan fingerprint density at radius 2 is 2.00 bits per heavy atom. The Hall–Kier alpha value is -1.35. The van der Waals surface area contributed by atoms with Gasteiger partial charge in [-0.3, -0.25) is 0 Å². The van der Waals surface area contributed by atoms with Crippen LogP contribution in [0.25, 0.3) is 0 Å². The lowest BCUT2D eigenvalue weighted by Gasteiger charge is -2.13. The number of anilines is 1. The van der Waals surface area contributed by atoms with Crippen molar-refractivity contribution in [2.75, 3.05) is 5.32 Å². The molecule has 1 atom stereocenters. The first-order chi connectivity index (χ1) is 7.27. The minimum absolute atomic E-state index is 0.141. The molecule has 0 saturated heterocycles. The Bertz CT molecular complexity index is 425. The third kappa shape index (κ3) is 2.36. The molecule has 0 spiro atoms. The van der Waals surface area contributed by atoms with Crippen LogP contribution in [0.2, 0.25) is 0 Å². The van der Waals surface area contributed by atoms with Crippen molar-refractivity contribution in [1.29, 1.82) is 0 Å². The average Bonchev–Trinajstić information content (AvgIpc) is 2.74. The van der Waals surface area contributed by atoms with E-state index in [9.17, 15) is 4.39 Å². The maximum atomic E-state index is 13.3. The fourth-order valence-electron chi connectivity index (χ4n) is 1.42. The number of benzene rings is 1. The van der Waals surface area contributed by atoms with Gasteiger partial charge >= 0.3 is 0 Å². The Morgan fingerprint density at radius 3 is 2.67 bits per heavy atom. The molecular weight excluding hydrogens is 209 g/mol. The summed E-state index contributed by atoms with van der Waals surface area (Å²) < 4.78 is 13.3. The van der Waals surface area contributed by atoms with E-state index in [0.29, 0.717) is 5.69 Å². The molecule has 1 N–H and O–H groups in total. The van der Waals surface area contributed by atoms with Crippen LogP contribution in [-0.4, -0.2) is 0 Å². The quantitative estimate of drug-likeness (QED) is 0.824. The van der Waals surface area contributed by atoms with Gasteiger partial charge in [-0.1, -0.05) is 18.2 Å². The van der Waals surface area contributed by atoms with Crippen LogP contribution < -0.4 is 5.32 Å². The minimum Gasteiger partial charge on any atom is -0.375 e. The van der Waals surface area contributed by atoms with E-state index in [2.05, 4.69) is 5.32 Å². The normalized spacial score (nSPS) is 12.4. The van der Waals surface area contributed by atoms with Gasteiger partial charge in [-0.15, -0.1) is 11.3 Å². The highest BCUT2D eigenvalue weighted by atomic mass is 32.1. The van der Waals surface area contributed by atoms with Crippen molar-refractivity contribution < 1.29 is 4.39 Å². The van der Waals surface area contributed by atoms with Gasteiger partial charge in [0, 0.05) is 4.88 Å². The van der Waals surface area contributed by atoms with Gasteiger partial charge in [-0.25, -0.2) is 4.39 Å². The molecule has 3 heteroatoms. The molecular formula is C12H12FNS. The molecule has 1 aromatic heterocycles. The fraction of sp³-hybridized carbons (Fsp3) is 0.167. The summed E-state index contributed by atoms with van der Waals surface area (Å²) in [4.78, 5) is 1.21. The maximum Gasteiger partial charge on any atom is 0.146 e. The molecule has 0 saturated carbocycles. The van der Waals surface area contributed by atoms with Crippen LogP contribution >= 0.6 is 11.3 Å². The summed E-state index contributed by atoms with van der Waals surface area (Å²) in [5.74, 6) is -0.207. The molecule has 0 amide bonds. The zero-order valence-electron chi connectivity index (χ0n) is 8.41. The van der Waals surface area contributed by atoms with Crippen molar-refractivity contribution in [3.8, 4) is 0 Å². The van der Waals surface area contributed by atoms with Crippen molar-refractivity contribution in [2.24, 2.45) is 0 Å². The zero-order chi connectivity index (χ0) is 10.7. The number of thiophene rings is 1. The van der Waals surface area contributed by atoms with Crippen molar-refractivity contribution >= 4 is 17.0 Å². The molecule has 0 radical (unpaired) electrons. The first-order valence-corrected chi connectivity index (χ1v) is 5.70. The molecule has 78 valence electrons. The molecule has 1 nitrogen and oxygen atoms in total. The van der Waals surface area contributed by atoms with Gasteiger partial charge in [0.15, 0.2) is 0 Å². The molecule has 1 aromatic carbocycles. The second kappa shape index (κ2) is 4.45. The lowest BCUT2D eigenvalue weighted by Crippen LogP contribution is -2.05. The van der Waals surface area contributed by atoms with Crippen LogP contribution in [0.4, 0.5) is 10.1 Å². The summed E-state index contributed by atoms with van der Waals surface area (Å²) in [6, 6.07) is 10.9. The van der Waals surface area contributed by atoms with Crippen LogP contribution in [0.15, 0.2) is 41.8 Å². The van der Waals surface area contributed by atoms with Crippen molar-refractivity contribution in [3.05, 3.63) is 52.5 Å². The zero-order valence-corrected chi connectivity index (χ0v) is 9.22. The van der Waals surface area contributed by atoms with Crippen LogP contribution in [0.5, 0.6) is 0 Å². The molecule has 15 heavy (non-hydrogen) atoms. The van der Waals surface area contributed by atoms with Crippen molar-refractivity contribution in [3.63, 3.8) is 0 Å². The average molecular weight is 221 g/mol. The number of hydrogen-bond donors (Lipinski definition) is 1. The van der Waals surface area contributed by atoms with E-state index in [-0.39, 0.29) is 11.9 Å². The van der Waals surface area contributed by atoms with Gasteiger partial charge in [-0.05, 0) is 30.5 Å². The number of nitrogens with one attached hydrogen (secondary N) is 1. The van der Waals surface area contributed by atoms with E-state index in [1.807, 2.05) is 30.5 Å². The number of para-hydroxylation sites is 1. The first kappa shape index (κ1) is 10.2. The Morgan fingerprint density at radius 1 is 1.20 bits per heavy atom. The van der Waals surface area contributed by atoms with Gasteiger partial charge in [0.2, 0.25) is 0 Å². The fourth-order valence-corrected chi connectivity index (χ4v) is 2.15. The third-order valence-electron chi connectivity index (χ3n) is 2.22. The van der Waals surface area contributed by atoms with Crippen LogP contribution in [0.3, 0.4) is 0 Å². The molecule has 0 aliphatic heterocycles. The van der Waals surface area contributed by atoms with Crippen LogP contribution in [0, 0.1) is 5.82 Å². The molecule has 1 unspecified atom stereocenters. The molecule has 0 fully saturated rings. The van der Waals surface area contributed by atoms with Gasteiger partial charge in [0.1, 0.15) is 5.82 Å². The van der Waals surface area contributed by atoms with Crippen molar-refractivity contribution in [1.82, 2.24) is 0 Å². The molecule has 1 heterocycles. The predicted octanol–water partition coefficient (Wildman–Crippen LogP) is 4.06. The highest BCUT2D eigenvalue weighted by Gasteiger charge is 2.08. The summed E-state index contributed by atoms with van der Waals surface area (Å²) in [6.07, 6.45) is 0. The topological polar surface area (TPSA) is 12.0 Å². The summed E-state index contributed by atoms with van der Waals surface area (Å²) in [7, 11) is 0. The van der Waals surface area contributed by atoms with Crippen LogP contribution in [0.1, 0.15) is 17.8 Å². The highest BCUT2D eigenvalue weighted by Crippen LogP contribution is 2.24. The highest BCUT2D eigenvalue weighted by molar-refractivity contribution is 7.10. The second-order valence-electron chi connectivity index (χ2n) is 3.36. The van der Waals surface area contributed by atoms with Gasteiger partial charge in [0.25, 0.3) is 0 Å². The predicted molar refractivity (Wildman–Crippen MR) is 62.8 cm³/mol. The Kier molecular flexibility index (Phi) is 3.02. The standard InChI is InChI=1S/C12H12FNS/c1-9(12-7-4-8-15-12)14-11-6-3-2-5-10(11)13/h2-9,14H,1H3. The van der Waals surface area contributed by atoms with E-state index in [1.54, 1.807) is 23.5 Å². The lowest BCUT2D eigenvalue weighted by atomic mass is 10.2. The number of rotatable bonds is 3. The molecule has 0 aliphatic carbocycles. The van der Waals surface area contributed by atoms with Gasteiger partial charge in [0.05, 0.1) is 11.7 Å². The van der Waals surface area contributed by atoms with Gasteiger partial charge < -0.3 is 5.32 Å². The van der Waals surface area contributed by atoms with Gasteiger partial charge in [-0.2, -0.15) is 0 Å². The summed E-state index contributed by atoms with van der Waals surface area (Å²) in [5, 5.41) is 5.17. The van der Waals surface area contributed by atoms with E-state index in [0.717, 1.165) is 0 Å². The SMILES string of the molecule is CC(Nc1ccccc1F)c1cccs1. The monoisotopic (exact) mass is 221 g/mol.